The second-order valence-electron chi connectivity index (χ2n) is 8.25. The average molecular weight is 528 g/mol. The highest BCUT2D eigenvalue weighted by molar-refractivity contribution is 7.92. The van der Waals surface area contributed by atoms with Crippen molar-refractivity contribution in [2.75, 3.05) is 17.9 Å². The molecule has 3 aromatic carbocycles. The van der Waals surface area contributed by atoms with E-state index in [2.05, 4.69) is 5.32 Å². The molecule has 3 rings (SSSR count). The lowest BCUT2D eigenvalue weighted by atomic mass is 10.1. The molecule has 0 bridgehead atoms. The van der Waals surface area contributed by atoms with Crippen LogP contribution in [0.2, 0.25) is 5.02 Å². The van der Waals surface area contributed by atoms with Gasteiger partial charge in [-0.2, -0.15) is 0 Å². The Morgan fingerprint density at radius 3 is 2.14 bits per heavy atom. The van der Waals surface area contributed by atoms with E-state index in [4.69, 9.17) is 11.6 Å². The van der Waals surface area contributed by atoms with Crippen LogP contribution in [0, 0.1) is 6.92 Å². The summed E-state index contributed by atoms with van der Waals surface area (Å²) in [7, 11) is -2.61. The van der Waals surface area contributed by atoms with Gasteiger partial charge in [0.1, 0.15) is 12.6 Å². The molecule has 0 saturated heterocycles. The van der Waals surface area contributed by atoms with Gasteiger partial charge < -0.3 is 10.2 Å². The van der Waals surface area contributed by atoms with E-state index in [1.807, 2.05) is 37.3 Å². The summed E-state index contributed by atoms with van der Waals surface area (Å²) < 4.78 is 28.6. The Balaban J connectivity index is 2.09. The Hall–Kier alpha value is -3.36. The van der Waals surface area contributed by atoms with Crippen molar-refractivity contribution in [3.8, 4) is 0 Å². The fourth-order valence-corrected chi connectivity index (χ4v) is 5.63. The molecule has 0 unspecified atom stereocenters. The second-order valence-corrected chi connectivity index (χ2v) is 10.5. The number of rotatable bonds is 10. The number of nitrogens with one attached hydrogen (secondary N) is 1. The van der Waals surface area contributed by atoms with Gasteiger partial charge in [-0.15, -0.1) is 0 Å². The third kappa shape index (κ3) is 6.06. The van der Waals surface area contributed by atoms with Crippen LogP contribution < -0.4 is 9.62 Å². The predicted octanol–water partition coefficient (Wildman–Crippen LogP) is 4.40. The van der Waals surface area contributed by atoms with Crippen molar-refractivity contribution < 1.29 is 18.0 Å². The minimum Gasteiger partial charge on any atom is -0.357 e. The molecule has 1 atom stereocenters. The molecule has 1 N–H and O–H groups in total. The van der Waals surface area contributed by atoms with E-state index in [-0.39, 0.29) is 17.3 Å². The minimum absolute atomic E-state index is 0.0464. The molecule has 0 aliphatic rings. The number of carbonyl (C=O) groups is 2. The van der Waals surface area contributed by atoms with Crippen LogP contribution in [0.3, 0.4) is 0 Å². The number of sulfonamides is 1. The van der Waals surface area contributed by atoms with Crippen molar-refractivity contribution in [1.29, 1.82) is 0 Å². The van der Waals surface area contributed by atoms with Gasteiger partial charge in [-0.25, -0.2) is 8.42 Å². The molecule has 0 heterocycles. The van der Waals surface area contributed by atoms with Crippen LogP contribution in [0.5, 0.6) is 0 Å². The van der Waals surface area contributed by atoms with Crippen LogP contribution in [-0.2, 0) is 26.2 Å². The Bertz CT molecular complexity index is 1300. The number of anilines is 1. The quantitative estimate of drug-likeness (QED) is 0.423. The van der Waals surface area contributed by atoms with Gasteiger partial charge in [0.25, 0.3) is 10.0 Å². The standard InChI is InChI=1S/C27H30ClN3O4S/c1-4-24(27(33)29-3)30(18-21-12-7-5-8-13-21)26(32)19-31(25-17-11-16-23(28)20(25)2)36(34,35)22-14-9-6-10-15-22/h5-17,24H,4,18-19H2,1-3H3,(H,29,33)/t24-/m1/s1. The van der Waals surface area contributed by atoms with E-state index >= 15 is 0 Å². The molecule has 2 amide bonds. The Labute approximate surface area is 217 Å². The number of halogens is 1. The van der Waals surface area contributed by atoms with Gasteiger partial charge in [-0.3, -0.25) is 13.9 Å². The first-order valence-electron chi connectivity index (χ1n) is 11.6. The molecular formula is C27H30ClN3O4S. The predicted molar refractivity (Wildman–Crippen MR) is 142 cm³/mol. The number of nitrogens with zero attached hydrogens (tertiary/aromatic N) is 2. The maximum Gasteiger partial charge on any atom is 0.264 e. The van der Waals surface area contributed by atoms with Crippen molar-refractivity contribution in [3.05, 3.63) is 95.0 Å². The summed E-state index contributed by atoms with van der Waals surface area (Å²) in [6.07, 6.45) is 0.361. The van der Waals surface area contributed by atoms with Crippen LogP contribution in [0.4, 0.5) is 5.69 Å². The molecule has 0 radical (unpaired) electrons. The first kappa shape index (κ1) is 27.2. The Morgan fingerprint density at radius 2 is 1.56 bits per heavy atom. The Morgan fingerprint density at radius 1 is 0.944 bits per heavy atom. The fourth-order valence-electron chi connectivity index (χ4n) is 3.97. The van der Waals surface area contributed by atoms with Gasteiger partial charge in [0.15, 0.2) is 0 Å². The third-order valence-corrected chi connectivity index (χ3v) is 8.13. The molecule has 190 valence electrons. The molecule has 7 nitrogen and oxygen atoms in total. The van der Waals surface area contributed by atoms with E-state index in [0.717, 1.165) is 9.87 Å². The van der Waals surface area contributed by atoms with Crippen LogP contribution in [-0.4, -0.2) is 44.8 Å². The van der Waals surface area contributed by atoms with E-state index in [0.29, 0.717) is 22.7 Å². The molecule has 0 aromatic heterocycles. The van der Waals surface area contributed by atoms with Gasteiger partial charge in [0, 0.05) is 18.6 Å². The molecule has 36 heavy (non-hydrogen) atoms. The monoisotopic (exact) mass is 527 g/mol. The molecule has 9 heteroatoms. The lowest BCUT2D eigenvalue weighted by molar-refractivity contribution is -0.140. The maximum atomic E-state index is 13.8. The van der Waals surface area contributed by atoms with Gasteiger partial charge in [-0.05, 0) is 48.7 Å². The molecule has 0 fully saturated rings. The first-order chi connectivity index (χ1) is 17.2. The SMILES string of the molecule is CC[C@H](C(=O)NC)N(Cc1ccccc1)C(=O)CN(c1cccc(Cl)c1C)S(=O)(=O)c1ccccc1. The summed E-state index contributed by atoms with van der Waals surface area (Å²) in [5.74, 6) is -0.827. The van der Waals surface area contributed by atoms with E-state index in [1.165, 1.54) is 24.1 Å². The summed E-state index contributed by atoms with van der Waals surface area (Å²) in [6.45, 7) is 3.17. The molecular weight excluding hydrogens is 498 g/mol. The highest BCUT2D eigenvalue weighted by atomic mass is 35.5. The third-order valence-electron chi connectivity index (χ3n) is 5.95. The van der Waals surface area contributed by atoms with Crippen LogP contribution in [0.1, 0.15) is 24.5 Å². The second kappa shape index (κ2) is 12.1. The summed E-state index contributed by atoms with van der Waals surface area (Å²) in [6, 6.07) is 21.3. The first-order valence-corrected chi connectivity index (χ1v) is 13.4. The van der Waals surface area contributed by atoms with Crippen LogP contribution in [0.25, 0.3) is 0 Å². The van der Waals surface area contributed by atoms with Crippen molar-refractivity contribution in [2.24, 2.45) is 0 Å². The summed E-state index contributed by atoms with van der Waals surface area (Å²) in [5.41, 5.74) is 1.65. The summed E-state index contributed by atoms with van der Waals surface area (Å²) >= 11 is 6.32. The molecule has 3 aromatic rings. The van der Waals surface area contributed by atoms with Crippen molar-refractivity contribution >= 4 is 39.1 Å². The highest BCUT2D eigenvalue weighted by Crippen LogP contribution is 2.31. The topological polar surface area (TPSA) is 86.8 Å². The zero-order chi connectivity index (χ0) is 26.3. The minimum atomic E-state index is -4.13. The average Bonchev–Trinajstić information content (AvgIpc) is 2.89. The van der Waals surface area contributed by atoms with Crippen LogP contribution >= 0.6 is 11.6 Å². The van der Waals surface area contributed by atoms with E-state index in [1.54, 1.807) is 43.3 Å². The largest absolute Gasteiger partial charge is 0.357 e. The van der Waals surface area contributed by atoms with Crippen molar-refractivity contribution in [1.82, 2.24) is 10.2 Å². The van der Waals surface area contributed by atoms with Gasteiger partial charge >= 0.3 is 0 Å². The number of likely N-dealkylation sites (N-methyl/N-ethyl adjacent to an activating group) is 1. The fraction of sp³-hybridized carbons (Fsp3) is 0.259. The molecule has 0 aliphatic heterocycles. The van der Waals surface area contributed by atoms with E-state index < -0.39 is 28.5 Å². The van der Waals surface area contributed by atoms with Gasteiger partial charge in [0.05, 0.1) is 10.6 Å². The molecule has 0 aliphatic carbocycles. The number of amides is 2. The van der Waals surface area contributed by atoms with E-state index in [9.17, 15) is 18.0 Å². The molecule has 0 saturated carbocycles. The lowest BCUT2D eigenvalue weighted by Gasteiger charge is -2.33. The number of hydrogen-bond donors (Lipinski definition) is 1. The smallest absolute Gasteiger partial charge is 0.264 e. The lowest BCUT2D eigenvalue weighted by Crippen LogP contribution is -2.51. The van der Waals surface area contributed by atoms with Gasteiger partial charge in [0.2, 0.25) is 11.8 Å². The summed E-state index contributed by atoms with van der Waals surface area (Å²) in [4.78, 5) is 28.0. The number of benzene rings is 3. The zero-order valence-electron chi connectivity index (χ0n) is 20.5. The van der Waals surface area contributed by atoms with Crippen LogP contribution in [0.15, 0.2) is 83.8 Å². The maximum absolute atomic E-state index is 13.8. The van der Waals surface area contributed by atoms with Gasteiger partial charge in [-0.1, -0.05) is 73.1 Å². The van der Waals surface area contributed by atoms with Crippen molar-refractivity contribution in [2.45, 2.75) is 37.8 Å². The zero-order valence-corrected chi connectivity index (χ0v) is 22.1. The normalized spacial score (nSPS) is 12.0. The molecule has 0 spiro atoms. The highest BCUT2D eigenvalue weighted by Gasteiger charge is 2.34. The number of hydrogen-bond acceptors (Lipinski definition) is 4. The summed E-state index contributed by atoms with van der Waals surface area (Å²) in [5, 5.41) is 2.99. The Kier molecular flexibility index (Phi) is 9.12. The number of carbonyl (C=O) groups excluding carboxylic acids is 2. The van der Waals surface area contributed by atoms with Crippen molar-refractivity contribution in [3.63, 3.8) is 0 Å².